The van der Waals surface area contributed by atoms with E-state index in [4.69, 9.17) is 0 Å². The fourth-order valence-electron chi connectivity index (χ4n) is 2.50. The zero-order valence-electron chi connectivity index (χ0n) is 12.0. The van der Waals surface area contributed by atoms with Crippen LogP contribution in [0.3, 0.4) is 0 Å². The van der Waals surface area contributed by atoms with Crippen molar-refractivity contribution in [3.63, 3.8) is 0 Å². The molecule has 0 saturated heterocycles. The lowest BCUT2D eigenvalue weighted by Gasteiger charge is -2.05. The van der Waals surface area contributed by atoms with E-state index in [0.717, 1.165) is 23.7 Å². The normalized spacial score (nSPS) is 10.7. The molecule has 0 atom stereocenters. The van der Waals surface area contributed by atoms with E-state index in [1.807, 2.05) is 48.5 Å². The molecule has 21 heavy (non-hydrogen) atoms. The Kier molecular flexibility index (Phi) is 3.78. The smallest absolute Gasteiger partial charge is 0.211 e. The first-order chi connectivity index (χ1) is 10.3. The fraction of sp³-hybridized carbons (Fsp3) is 0.158. The number of carbonyl (C=O) groups is 1. The van der Waals surface area contributed by atoms with Crippen molar-refractivity contribution in [1.82, 2.24) is 4.98 Å². The van der Waals surface area contributed by atoms with Crippen molar-refractivity contribution in [2.45, 2.75) is 19.8 Å². The molecule has 1 aromatic heterocycles. The Bertz CT molecular complexity index is 792. The Balaban J connectivity index is 1.97. The van der Waals surface area contributed by atoms with Crippen LogP contribution in [0.4, 0.5) is 0 Å². The maximum absolute atomic E-state index is 12.6. The molecule has 0 aliphatic carbocycles. The standard InChI is InChI=1S/C19H17NO/c1-2-6-14-7-5-9-16(13-14)19(21)18-12-11-15-8-3-4-10-17(15)20-18/h3-5,7-13H,2,6H2,1H3. The number of pyridine rings is 1. The minimum Gasteiger partial charge on any atom is -0.287 e. The van der Waals surface area contributed by atoms with Crippen LogP contribution in [-0.2, 0) is 6.42 Å². The summed E-state index contributed by atoms with van der Waals surface area (Å²) in [6.45, 7) is 2.14. The van der Waals surface area contributed by atoms with Crippen LogP contribution >= 0.6 is 0 Å². The highest BCUT2D eigenvalue weighted by molar-refractivity contribution is 6.08. The van der Waals surface area contributed by atoms with Gasteiger partial charge in [0.25, 0.3) is 0 Å². The molecule has 2 nitrogen and oxygen atoms in total. The second-order valence-electron chi connectivity index (χ2n) is 5.17. The van der Waals surface area contributed by atoms with Crippen molar-refractivity contribution in [3.05, 3.63) is 77.5 Å². The third-order valence-corrected chi connectivity index (χ3v) is 3.56. The van der Waals surface area contributed by atoms with Crippen LogP contribution in [0.5, 0.6) is 0 Å². The van der Waals surface area contributed by atoms with Crippen LogP contribution < -0.4 is 0 Å². The molecule has 0 aliphatic heterocycles. The summed E-state index contributed by atoms with van der Waals surface area (Å²) in [7, 11) is 0. The molecule has 2 aromatic carbocycles. The number of rotatable bonds is 4. The van der Waals surface area contributed by atoms with Crippen molar-refractivity contribution in [1.29, 1.82) is 0 Å². The maximum Gasteiger partial charge on any atom is 0.211 e. The van der Waals surface area contributed by atoms with Crippen LogP contribution in [0.1, 0.15) is 35.0 Å². The lowest BCUT2D eigenvalue weighted by molar-refractivity contribution is 0.103. The second-order valence-corrected chi connectivity index (χ2v) is 5.17. The number of hydrogen-bond acceptors (Lipinski definition) is 2. The molecule has 0 amide bonds. The molecule has 0 bridgehead atoms. The van der Waals surface area contributed by atoms with Gasteiger partial charge in [0.1, 0.15) is 5.69 Å². The fourth-order valence-corrected chi connectivity index (χ4v) is 2.50. The second kappa shape index (κ2) is 5.88. The first-order valence-electron chi connectivity index (χ1n) is 7.27. The summed E-state index contributed by atoms with van der Waals surface area (Å²) in [6.07, 6.45) is 2.07. The Morgan fingerprint density at radius 1 is 1.00 bits per heavy atom. The van der Waals surface area contributed by atoms with Gasteiger partial charge < -0.3 is 0 Å². The largest absolute Gasteiger partial charge is 0.287 e. The molecule has 0 fully saturated rings. The molecular weight excluding hydrogens is 258 g/mol. The van der Waals surface area contributed by atoms with E-state index in [1.165, 1.54) is 5.56 Å². The lowest BCUT2D eigenvalue weighted by atomic mass is 10.0. The number of para-hydroxylation sites is 1. The summed E-state index contributed by atoms with van der Waals surface area (Å²) < 4.78 is 0. The molecule has 0 unspecified atom stereocenters. The highest BCUT2D eigenvalue weighted by Gasteiger charge is 2.11. The topological polar surface area (TPSA) is 30.0 Å². The van der Waals surface area contributed by atoms with E-state index in [9.17, 15) is 4.79 Å². The maximum atomic E-state index is 12.6. The van der Waals surface area contributed by atoms with Gasteiger partial charge in [-0.25, -0.2) is 4.98 Å². The summed E-state index contributed by atoms with van der Waals surface area (Å²) in [5, 5.41) is 1.05. The van der Waals surface area contributed by atoms with E-state index in [-0.39, 0.29) is 5.78 Å². The van der Waals surface area contributed by atoms with E-state index >= 15 is 0 Å². The molecule has 0 N–H and O–H groups in total. The van der Waals surface area contributed by atoms with Crippen molar-refractivity contribution in [2.75, 3.05) is 0 Å². The number of hydrogen-bond donors (Lipinski definition) is 0. The predicted octanol–water partition coefficient (Wildman–Crippen LogP) is 4.42. The molecule has 1 heterocycles. The third-order valence-electron chi connectivity index (χ3n) is 3.56. The number of ketones is 1. The van der Waals surface area contributed by atoms with E-state index in [2.05, 4.69) is 18.0 Å². The number of aromatic nitrogens is 1. The Hall–Kier alpha value is -2.48. The quantitative estimate of drug-likeness (QED) is 0.660. The van der Waals surface area contributed by atoms with Crippen molar-refractivity contribution < 1.29 is 4.79 Å². The minimum absolute atomic E-state index is 0.0151. The molecule has 3 aromatic rings. The lowest BCUT2D eigenvalue weighted by Crippen LogP contribution is -2.04. The molecule has 0 radical (unpaired) electrons. The van der Waals surface area contributed by atoms with Gasteiger partial charge in [-0.15, -0.1) is 0 Å². The van der Waals surface area contributed by atoms with Gasteiger partial charge in [0.05, 0.1) is 5.52 Å². The Labute approximate surface area is 124 Å². The van der Waals surface area contributed by atoms with E-state index < -0.39 is 0 Å². The molecular formula is C19H17NO. The highest BCUT2D eigenvalue weighted by Crippen LogP contribution is 2.16. The van der Waals surface area contributed by atoms with E-state index in [0.29, 0.717) is 11.3 Å². The third kappa shape index (κ3) is 2.84. The van der Waals surface area contributed by atoms with E-state index in [1.54, 1.807) is 6.07 Å². The van der Waals surface area contributed by atoms with Crippen molar-refractivity contribution in [2.24, 2.45) is 0 Å². The Morgan fingerprint density at radius 2 is 1.86 bits per heavy atom. The summed E-state index contributed by atoms with van der Waals surface area (Å²) in [5.74, 6) is -0.0151. The molecule has 0 aliphatic rings. The van der Waals surface area contributed by atoms with Gasteiger partial charge in [-0.3, -0.25) is 4.79 Å². The van der Waals surface area contributed by atoms with Gasteiger partial charge >= 0.3 is 0 Å². The van der Waals surface area contributed by atoms with Crippen LogP contribution in [0.25, 0.3) is 10.9 Å². The SMILES string of the molecule is CCCc1cccc(C(=O)c2ccc3ccccc3n2)c1. The number of nitrogens with zero attached hydrogens (tertiary/aromatic N) is 1. The zero-order chi connectivity index (χ0) is 14.7. The van der Waals surface area contributed by atoms with Crippen LogP contribution in [0.15, 0.2) is 60.7 Å². The summed E-state index contributed by atoms with van der Waals surface area (Å²) in [4.78, 5) is 17.1. The summed E-state index contributed by atoms with van der Waals surface area (Å²) >= 11 is 0. The monoisotopic (exact) mass is 275 g/mol. The van der Waals surface area contributed by atoms with Gasteiger partial charge in [-0.2, -0.15) is 0 Å². The zero-order valence-corrected chi connectivity index (χ0v) is 12.0. The number of carbonyl (C=O) groups excluding carboxylic acids is 1. The molecule has 0 saturated carbocycles. The minimum atomic E-state index is -0.0151. The van der Waals surface area contributed by atoms with Gasteiger partial charge in [0.2, 0.25) is 5.78 Å². The number of fused-ring (bicyclic) bond motifs is 1. The summed E-state index contributed by atoms with van der Waals surface area (Å²) in [6, 6.07) is 19.4. The van der Waals surface area contributed by atoms with Crippen LogP contribution in [0.2, 0.25) is 0 Å². The Morgan fingerprint density at radius 3 is 2.71 bits per heavy atom. The average Bonchev–Trinajstić information content (AvgIpc) is 2.54. The van der Waals surface area contributed by atoms with Crippen LogP contribution in [-0.4, -0.2) is 10.8 Å². The highest BCUT2D eigenvalue weighted by atomic mass is 16.1. The predicted molar refractivity (Wildman–Crippen MR) is 85.6 cm³/mol. The molecule has 2 heteroatoms. The molecule has 104 valence electrons. The summed E-state index contributed by atoms with van der Waals surface area (Å²) in [5.41, 5.74) is 3.27. The molecule has 3 rings (SSSR count). The number of benzene rings is 2. The first kappa shape index (κ1) is 13.5. The van der Waals surface area contributed by atoms with Gasteiger partial charge in [-0.1, -0.05) is 55.8 Å². The number of aryl methyl sites for hydroxylation is 1. The van der Waals surface area contributed by atoms with Crippen molar-refractivity contribution in [3.8, 4) is 0 Å². The first-order valence-corrected chi connectivity index (χ1v) is 7.27. The van der Waals surface area contributed by atoms with Crippen LogP contribution in [0, 0.1) is 0 Å². The molecule has 0 spiro atoms. The van der Waals surface area contributed by atoms with Gasteiger partial charge in [0, 0.05) is 10.9 Å². The van der Waals surface area contributed by atoms with Gasteiger partial charge in [0.15, 0.2) is 0 Å². The van der Waals surface area contributed by atoms with Gasteiger partial charge in [-0.05, 0) is 30.2 Å². The van der Waals surface area contributed by atoms with Crippen molar-refractivity contribution >= 4 is 16.7 Å². The average molecular weight is 275 g/mol.